The number of nitrogens with one attached hydrogen (secondary N) is 1. The first kappa shape index (κ1) is 14.9. The van der Waals surface area contributed by atoms with Gasteiger partial charge in [0, 0.05) is 16.0 Å². The number of ether oxygens (including phenoxy) is 1. The van der Waals surface area contributed by atoms with Gasteiger partial charge in [-0.25, -0.2) is 4.98 Å². The minimum atomic E-state index is -0.0433. The summed E-state index contributed by atoms with van der Waals surface area (Å²) in [6.07, 6.45) is 1.75. The summed E-state index contributed by atoms with van der Waals surface area (Å²) in [6.45, 7) is 4.57. The van der Waals surface area contributed by atoms with Crippen molar-refractivity contribution in [2.45, 2.75) is 18.7 Å². The molecule has 4 nitrogen and oxygen atoms in total. The molecule has 1 aromatic carbocycles. The van der Waals surface area contributed by atoms with E-state index >= 15 is 0 Å². The van der Waals surface area contributed by atoms with E-state index in [1.165, 1.54) is 23.1 Å². The number of nitrogens with zero attached hydrogens (tertiary/aromatic N) is 1. The maximum atomic E-state index is 11.8. The highest BCUT2D eigenvalue weighted by atomic mass is 32.2. The van der Waals surface area contributed by atoms with Crippen LogP contribution < -0.4 is 10.1 Å². The molecule has 6 heteroatoms. The van der Waals surface area contributed by atoms with Crippen LogP contribution in [0.5, 0.6) is 5.75 Å². The number of carbonyl (C=O) groups is 1. The lowest BCUT2D eigenvalue weighted by molar-refractivity contribution is -0.113. The third kappa shape index (κ3) is 4.54. The summed E-state index contributed by atoms with van der Waals surface area (Å²) in [5, 5.41) is 3.44. The Bertz CT molecular complexity index is 567. The summed E-state index contributed by atoms with van der Waals surface area (Å²) in [4.78, 5) is 18.0. The average Bonchev–Trinajstić information content (AvgIpc) is 2.84. The first-order chi connectivity index (χ1) is 9.67. The molecule has 0 unspecified atom stereocenters. The van der Waals surface area contributed by atoms with Gasteiger partial charge in [0.25, 0.3) is 0 Å². The molecule has 20 heavy (non-hydrogen) atoms. The van der Waals surface area contributed by atoms with Gasteiger partial charge in [-0.05, 0) is 38.1 Å². The summed E-state index contributed by atoms with van der Waals surface area (Å²) < 4.78 is 5.37. The average molecular weight is 308 g/mol. The van der Waals surface area contributed by atoms with Gasteiger partial charge in [-0.15, -0.1) is 23.1 Å². The molecule has 1 aromatic heterocycles. The molecule has 2 rings (SSSR count). The number of anilines is 1. The first-order valence-electron chi connectivity index (χ1n) is 6.25. The van der Waals surface area contributed by atoms with Crippen molar-refractivity contribution in [3.05, 3.63) is 35.3 Å². The predicted octanol–water partition coefficient (Wildman–Crippen LogP) is 3.58. The molecule has 0 saturated heterocycles. The van der Waals surface area contributed by atoms with Crippen LogP contribution in [0.25, 0.3) is 0 Å². The zero-order valence-corrected chi connectivity index (χ0v) is 13.0. The molecule has 0 spiro atoms. The highest BCUT2D eigenvalue weighted by molar-refractivity contribution is 8.00. The lowest BCUT2D eigenvalue weighted by Gasteiger charge is -2.05. The molecule has 0 saturated carbocycles. The SMILES string of the molecule is CCOc1ccc(SCC(=O)Nc2ncc(C)s2)cc1. The predicted molar refractivity (Wildman–Crippen MR) is 83.8 cm³/mol. The fourth-order valence-corrected chi connectivity index (χ4v) is 2.89. The largest absolute Gasteiger partial charge is 0.494 e. The van der Waals surface area contributed by atoms with E-state index in [0.29, 0.717) is 17.5 Å². The Morgan fingerprint density at radius 2 is 2.15 bits per heavy atom. The van der Waals surface area contributed by atoms with Gasteiger partial charge in [0.2, 0.25) is 5.91 Å². The van der Waals surface area contributed by atoms with Crippen LogP contribution in [0.2, 0.25) is 0 Å². The van der Waals surface area contributed by atoms with E-state index in [0.717, 1.165) is 15.5 Å². The third-order valence-corrected chi connectivity index (χ3v) is 4.21. The van der Waals surface area contributed by atoms with E-state index in [9.17, 15) is 4.79 Å². The van der Waals surface area contributed by atoms with Crippen molar-refractivity contribution in [3.8, 4) is 5.75 Å². The van der Waals surface area contributed by atoms with Crippen LogP contribution in [0.3, 0.4) is 0 Å². The van der Waals surface area contributed by atoms with E-state index in [2.05, 4.69) is 10.3 Å². The van der Waals surface area contributed by atoms with E-state index in [1.54, 1.807) is 6.20 Å². The quantitative estimate of drug-likeness (QED) is 0.829. The Hall–Kier alpha value is -1.53. The summed E-state index contributed by atoms with van der Waals surface area (Å²) in [5.74, 6) is 1.17. The van der Waals surface area contributed by atoms with Crippen molar-refractivity contribution in [3.63, 3.8) is 0 Å². The zero-order valence-electron chi connectivity index (χ0n) is 11.4. The van der Waals surface area contributed by atoms with E-state index in [1.807, 2.05) is 38.1 Å². The maximum Gasteiger partial charge on any atom is 0.236 e. The summed E-state index contributed by atoms with van der Waals surface area (Å²) in [5.41, 5.74) is 0. The number of hydrogen-bond acceptors (Lipinski definition) is 5. The van der Waals surface area contributed by atoms with Gasteiger partial charge in [-0.3, -0.25) is 4.79 Å². The van der Waals surface area contributed by atoms with Gasteiger partial charge < -0.3 is 10.1 Å². The van der Waals surface area contributed by atoms with Crippen LogP contribution in [0.1, 0.15) is 11.8 Å². The maximum absolute atomic E-state index is 11.8. The minimum Gasteiger partial charge on any atom is -0.494 e. The van der Waals surface area contributed by atoms with Crippen LogP contribution in [-0.4, -0.2) is 23.3 Å². The molecule has 0 aliphatic rings. The molecule has 106 valence electrons. The molecule has 0 bridgehead atoms. The summed E-state index contributed by atoms with van der Waals surface area (Å²) in [7, 11) is 0. The lowest BCUT2D eigenvalue weighted by atomic mass is 10.3. The van der Waals surface area contributed by atoms with E-state index in [-0.39, 0.29) is 5.91 Å². The van der Waals surface area contributed by atoms with Gasteiger partial charge in [-0.1, -0.05) is 0 Å². The van der Waals surface area contributed by atoms with Crippen molar-refractivity contribution < 1.29 is 9.53 Å². The number of carbonyl (C=O) groups excluding carboxylic acids is 1. The Balaban J connectivity index is 1.80. The summed E-state index contributed by atoms with van der Waals surface area (Å²) in [6, 6.07) is 7.73. The Labute approximate surface area is 126 Å². The number of hydrogen-bond donors (Lipinski definition) is 1. The third-order valence-electron chi connectivity index (χ3n) is 2.37. The number of thiazole rings is 1. The van der Waals surface area contributed by atoms with Crippen molar-refractivity contribution in [1.82, 2.24) is 4.98 Å². The summed E-state index contributed by atoms with van der Waals surface area (Å²) >= 11 is 2.97. The lowest BCUT2D eigenvalue weighted by Crippen LogP contribution is -2.13. The number of aromatic nitrogens is 1. The van der Waals surface area contributed by atoms with Crippen LogP contribution in [-0.2, 0) is 4.79 Å². The first-order valence-corrected chi connectivity index (χ1v) is 8.05. The molecule has 0 aliphatic heterocycles. The molecule has 0 fully saturated rings. The van der Waals surface area contributed by atoms with Crippen molar-refractivity contribution in [2.75, 3.05) is 17.7 Å². The second-order valence-corrected chi connectivity index (χ2v) is 6.30. The molecule has 2 aromatic rings. The zero-order chi connectivity index (χ0) is 14.4. The molecule has 0 atom stereocenters. The van der Waals surface area contributed by atoms with Crippen LogP contribution in [0.4, 0.5) is 5.13 Å². The fraction of sp³-hybridized carbons (Fsp3) is 0.286. The van der Waals surface area contributed by atoms with Gasteiger partial charge in [-0.2, -0.15) is 0 Å². The number of amides is 1. The van der Waals surface area contributed by atoms with Crippen LogP contribution >= 0.6 is 23.1 Å². The highest BCUT2D eigenvalue weighted by Crippen LogP contribution is 2.22. The van der Waals surface area contributed by atoms with Gasteiger partial charge >= 0.3 is 0 Å². The van der Waals surface area contributed by atoms with Crippen molar-refractivity contribution in [1.29, 1.82) is 0 Å². The van der Waals surface area contributed by atoms with Crippen LogP contribution in [0.15, 0.2) is 35.4 Å². The normalized spacial score (nSPS) is 10.3. The standard InChI is InChI=1S/C14H16N2O2S2/c1-3-18-11-4-6-12(7-5-11)19-9-13(17)16-14-15-8-10(2)20-14/h4-8H,3,9H2,1-2H3,(H,15,16,17). The Morgan fingerprint density at radius 1 is 1.40 bits per heavy atom. The van der Waals surface area contributed by atoms with Crippen LogP contribution in [0, 0.1) is 6.92 Å². The number of aryl methyl sites for hydroxylation is 1. The molecule has 1 heterocycles. The van der Waals surface area contributed by atoms with E-state index in [4.69, 9.17) is 4.74 Å². The van der Waals surface area contributed by atoms with E-state index < -0.39 is 0 Å². The smallest absolute Gasteiger partial charge is 0.236 e. The van der Waals surface area contributed by atoms with Crippen molar-refractivity contribution in [2.24, 2.45) is 0 Å². The molecular weight excluding hydrogens is 292 g/mol. The second-order valence-electron chi connectivity index (χ2n) is 4.02. The second kappa shape index (κ2) is 7.31. The number of rotatable bonds is 6. The monoisotopic (exact) mass is 308 g/mol. The van der Waals surface area contributed by atoms with Gasteiger partial charge in [0.15, 0.2) is 5.13 Å². The molecule has 1 N–H and O–H groups in total. The molecule has 0 radical (unpaired) electrons. The topological polar surface area (TPSA) is 51.2 Å². The molecular formula is C14H16N2O2S2. The molecule has 0 aliphatic carbocycles. The van der Waals surface area contributed by atoms with Gasteiger partial charge in [0.05, 0.1) is 12.4 Å². The molecule has 1 amide bonds. The Morgan fingerprint density at radius 3 is 2.75 bits per heavy atom. The van der Waals surface area contributed by atoms with Crippen molar-refractivity contribution >= 4 is 34.1 Å². The Kier molecular flexibility index (Phi) is 5.43. The highest BCUT2D eigenvalue weighted by Gasteiger charge is 2.06. The number of benzene rings is 1. The van der Waals surface area contributed by atoms with Gasteiger partial charge in [0.1, 0.15) is 5.75 Å². The number of thioether (sulfide) groups is 1. The minimum absolute atomic E-state index is 0.0433. The fourth-order valence-electron chi connectivity index (χ4n) is 1.52.